The zero-order valence-corrected chi connectivity index (χ0v) is 28.5. The second-order valence-electron chi connectivity index (χ2n) is 16.7. The lowest BCUT2D eigenvalue weighted by Crippen LogP contribution is -2.76. The summed E-state index contributed by atoms with van der Waals surface area (Å²) < 4.78 is 0. The maximum absolute atomic E-state index is 14.6. The van der Waals surface area contributed by atoms with Crippen molar-refractivity contribution in [3.8, 4) is 5.75 Å². The molecule has 242 valence electrons. The molecule has 3 aliphatic carbocycles. The number of ketones is 5. The largest absolute Gasteiger partial charge is 0.507 e. The highest BCUT2D eigenvalue weighted by Gasteiger charge is 2.76. The smallest absolute Gasteiger partial charge is 0.190 e. The number of aromatic hydroxyl groups is 1. The van der Waals surface area contributed by atoms with E-state index in [1.807, 2.05) is 26.8 Å². The molecule has 2 saturated carbocycles. The summed E-state index contributed by atoms with van der Waals surface area (Å²) in [6, 6.07) is 2.00. The molecule has 0 radical (unpaired) electrons. The van der Waals surface area contributed by atoms with Gasteiger partial charge in [0, 0.05) is 11.3 Å². The van der Waals surface area contributed by atoms with Gasteiger partial charge in [0.2, 0.25) is 0 Å². The molecule has 0 heterocycles. The molecule has 7 atom stereocenters. The second kappa shape index (κ2) is 11.0. The Morgan fingerprint density at radius 1 is 1.02 bits per heavy atom. The summed E-state index contributed by atoms with van der Waals surface area (Å²) >= 11 is 0. The number of Topliss-reactive ketones (excluding diaryl/α,β-unsaturated/α-hetero) is 5. The molecule has 2 N–H and O–H groups in total. The summed E-state index contributed by atoms with van der Waals surface area (Å²) in [5.74, 6) is -8.09. The fourth-order valence-corrected chi connectivity index (χ4v) is 9.54. The second-order valence-corrected chi connectivity index (χ2v) is 16.7. The predicted octanol–water partition coefficient (Wildman–Crippen LogP) is 6.22. The van der Waals surface area contributed by atoms with Gasteiger partial charge in [0.1, 0.15) is 17.5 Å². The summed E-state index contributed by atoms with van der Waals surface area (Å²) in [4.78, 5) is 69.3. The molecule has 2 fully saturated rings. The average molecular weight is 609 g/mol. The van der Waals surface area contributed by atoms with Gasteiger partial charge in [-0.2, -0.15) is 0 Å². The van der Waals surface area contributed by atoms with E-state index in [1.54, 1.807) is 20.8 Å². The lowest BCUT2D eigenvalue weighted by molar-refractivity contribution is -0.205. The minimum absolute atomic E-state index is 0.0347. The third kappa shape index (κ3) is 5.02. The van der Waals surface area contributed by atoms with E-state index in [0.29, 0.717) is 23.5 Å². The van der Waals surface area contributed by atoms with Crippen LogP contribution in [0.5, 0.6) is 5.75 Å². The first-order valence-corrected chi connectivity index (χ1v) is 16.3. The van der Waals surface area contributed by atoms with Crippen LogP contribution in [-0.2, 0) is 32.0 Å². The van der Waals surface area contributed by atoms with Gasteiger partial charge < -0.3 is 10.2 Å². The molecule has 1 aromatic carbocycles. The Morgan fingerprint density at radius 3 is 2.11 bits per heavy atom. The van der Waals surface area contributed by atoms with Crippen molar-refractivity contribution in [3.05, 3.63) is 28.3 Å². The Labute approximate surface area is 262 Å². The Hall–Kier alpha value is -2.67. The van der Waals surface area contributed by atoms with Crippen molar-refractivity contribution in [1.29, 1.82) is 0 Å². The van der Waals surface area contributed by atoms with Gasteiger partial charge in [0.25, 0.3) is 0 Å². The number of carbonyl (C=O) groups is 5. The zero-order valence-electron chi connectivity index (χ0n) is 28.5. The summed E-state index contributed by atoms with van der Waals surface area (Å²) in [7, 11) is 0. The molecule has 0 amide bonds. The zero-order chi connectivity index (χ0) is 33.5. The number of fused-ring (bicyclic) bond motifs is 3. The van der Waals surface area contributed by atoms with E-state index in [9.17, 15) is 34.2 Å². The highest BCUT2D eigenvalue weighted by molar-refractivity contribution is 6.32. The number of carbonyl (C=O) groups excluding carboxylic acids is 5. The van der Waals surface area contributed by atoms with Crippen molar-refractivity contribution in [2.45, 2.75) is 120 Å². The average Bonchev–Trinajstić information content (AvgIpc) is 2.84. The van der Waals surface area contributed by atoms with Crippen molar-refractivity contribution in [1.82, 2.24) is 0 Å². The molecule has 1 aromatic rings. The maximum Gasteiger partial charge on any atom is 0.190 e. The molecular formula is C37H52O7. The monoisotopic (exact) mass is 608 g/mol. The Morgan fingerprint density at radius 2 is 1.61 bits per heavy atom. The number of rotatable bonds is 7. The first-order chi connectivity index (χ1) is 20.0. The van der Waals surface area contributed by atoms with E-state index in [0.717, 1.165) is 25.3 Å². The molecule has 0 spiro atoms. The minimum Gasteiger partial charge on any atom is -0.507 e. The lowest BCUT2D eigenvalue weighted by atomic mass is 9.39. The standard InChI is InChI=1S/C37H52O7/c1-18(2)23-14-22(13-12-20(5)15-34(7,8)9)29(39)26-24(23)16-35(10)17-36(11)27(19(3)4)30(40)25(21(6)38)32(42)37(36,44)33(43)28(35)31(26)41/h14,18-20,25,27-28,39,44H,12-13,15-17H2,1-11H3/t20?,25?,27?,28?,35-,36-,37+/m1/s1. The van der Waals surface area contributed by atoms with E-state index in [-0.39, 0.29) is 41.4 Å². The van der Waals surface area contributed by atoms with Crippen molar-refractivity contribution in [2.75, 3.05) is 0 Å². The van der Waals surface area contributed by atoms with Crippen LogP contribution in [-0.4, -0.2) is 44.7 Å². The summed E-state index contributed by atoms with van der Waals surface area (Å²) in [6.07, 6.45) is 2.74. The highest BCUT2D eigenvalue weighted by Crippen LogP contribution is 2.64. The van der Waals surface area contributed by atoms with Crippen LogP contribution in [0, 0.1) is 45.8 Å². The third-order valence-electron chi connectivity index (χ3n) is 11.0. The summed E-state index contributed by atoms with van der Waals surface area (Å²) in [6.45, 7) is 21.0. The fraction of sp³-hybridized carbons (Fsp3) is 0.703. The first kappa shape index (κ1) is 34.2. The minimum atomic E-state index is -2.68. The maximum atomic E-state index is 14.6. The lowest BCUT2D eigenvalue weighted by Gasteiger charge is -2.62. The third-order valence-corrected chi connectivity index (χ3v) is 11.0. The normalized spacial score (nSPS) is 32.9. The molecule has 7 heteroatoms. The number of aryl methyl sites for hydroxylation is 1. The van der Waals surface area contributed by atoms with Crippen LogP contribution in [0.15, 0.2) is 6.07 Å². The molecule has 3 aliphatic rings. The SMILES string of the molecule is CC(=O)C1C(=O)C(C(C)C)[C@@]2(C)C[C@@]3(C)Cc4c(C(C)C)cc(CCC(C)CC(C)(C)C)c(O)c4C(=O)C3C(=O)[C@@]2(O)C1=O. The molecular weight excluding hydrogens is 556 g/mol. The number of phenols is 1. The molecule has 0 bridgehead atoms. The summed E-state index contributed by atoms with van der Waals surface area (Å²) in [5, 5.41) is 23.9. The molecule has 44 heavy (non-hydrogen) atoms. The Balaban J connectivity index is 1.88. The van der Waals surface area contributed by atoms with Gasteiger partial charge in [-0.1, -0.05) is 75.3 Å². The molecule has 7 nitrogen and oxygen atoms in total. The van der Waals surface area contributed by atoms with Gasteiger partial charge in [-0.3, -0.25) is 24.0 Å². The Bertz CT molecular complexity index is 1430. The van der Waals surface area contributed by atoms with E-state index in [2.05, 4.69) is 27.7 Å². The number of hydrogen-bond acceptors (Lipinski definition) is 7. The number of hydrogen-bond donors (Lipinski definition) is 2. The van der Waals surface area contributed by atoms with E-state index >= 15 is 0 Å². The van der Waals surface area contributed by atoms with Gasteiger partial charge in [0.05, 0.1) is 11.5 Å². The summed E-state index contributed by atoms with van der Waals surface area (Å²) in [5.41, 5.74) is -2.63. The van der Waals surface area contributed by atoms with Crippen molar-refractivity contribution >= 4 is 28.9 Å². The van der Waals surface area contributed by atoms with Crippen LogP contribution in [0.3, 0.4) is 0 Å². The van der Waals surface area contributed by atoms with Crippen LogP contribution in [0.1, 0.15) is 128 Å². The van der Waals surface area contributed by atoms with Crippen LogP contribution in [0.4, 0.5) is 0 Å². The number of aliphatic hydroxyl groups is 1. The van der Waals surface area contributed by atoms with E-state index < -0.39 is 63.1 Å². The fourth-order valence-electron chi connectivity index (χ4n) is 9.54. The van der Waals surface area contributed by atoms with Crippen molar-refractivity contribution < 1.29 is 34.2 Å². The first-order valence-electron chi connectivity index (χ1n) is 16.3. The van der Waals surface area contributed by atoms with Crippen molar-refractivity contribution in [3.63, 3.8) is 0 Å². The molecule has 4 rings (SSSR count). The predicted molar refractivity (Wildman–Crippen MR) is 169 cm³/mol. The van der Waals surface area contributed by atoms with Crippen LogP contribution in [0.2, 0.25) is 0 Å². The van der Waals surface area contributed by atoms with Crippen LogP contribution in [0.25, 0.3) is 0 Å². The number of phenolic OH excluding ortho intramolecular Hbond substituents is 1. The highest BCUT2D eigenvalue weighted by atomic mass is 16.3. The molecule has 0 aromatic heterocycles. The quantitative estimate of drug-likeness (QED) is 0.352. The molecule has 4 unspecified atom stereocenters. The number of benzene rings is 1. The van der Waals surface area contributed by atoms with Crippen LogP contribution >= 0.6 is 0 Å². The van der Waals surface area contributed by atoms with Crippen molar-refractivity contribution in [2.24, 2.45) is 45.8 Å². The van der Waals surface area contributed by atoms with E-state index in [1.165, 1.54) is 0 Å². The Kier molecular flexibility index (Phi) is 8.55. The van der Waals surface area contributed by atoms with Gasteiger partial charge in [-0.05, 0) is 84.3 Å². The van der Waals surface area contributed by atoms with Gasteiger partial charge in [-0.15, -0.1) is 0 Å². The van der Waals surface area contributed by atoms with Gasteiger partial charge in [0.15, 0.2) is 28.7 Å². The van der Waals surface area contributed by atoms with Gasteiger partial charge >= 0.3 is 0 Å². The molecule has 0 saturated heterocycles. The topological polar surface area (TPSA) is 126 Å². The van der Waals surface area contributed by atoms with E-state index in [4.69, 9.17) is 0 Å². The van der Waals surface area contributed by atoms with Crippen LogP contribution < -0.4 is 0 Å². The van der Waals surface area contributed by atoms with Gasteiger partial charge in [-0.25, -0.2) is 0 Å². The molecule has 0 aliphatic heterocycles.